The molecule has 2 aromatic heterocycles. The maximum absolute atomic E-state index is 2.52. The van der Waals surface area contributed by atoms with E-state index in [1.165, 1.54) is 99.4 Å². The average Bonchev–Trinajstić information content (AvgIpc) is 4.06. The van der Waals surface area contributed by atoms with Crippen molar-refractivity contribution in [2.45, 2.75) is 5.41 Å². The van der Waals surface area contributed by atoms with E-state index in [9.17, 15) is 0 Å². The number of hydrogen-bond donors (Lipinski definition) is 0. The van der Waals surface area contributed by atoms with E-state index in [4.69, 9.17) is 0 Å². The lowest BCUT2D eigenvalue weighted by Gasteiger charge is -2.39. The van der Waals surface area contributed by atoms with Gasteiger partial charge in [-0.3, -0.25) is 0 Å². The van der Waals surface area contributed by atoms with Crippen molar-refractivity contribution in [3.05, 3.63) is 283 Å². The summed E-state index contributed by atoms with van der Waals surface area (Å²) in [5.41, 5.74) is 22.5. The molecule has 70 heavy (non-hydrogen) atoms. The molecule has 0 amide bonds. The molecule has 0 fully saturated rings. The Labute approximate surface area is 406 Å². The highest BCUT2D eigenvalue weighted by Crippen LogP contribution is 2.62. The zero-order valence-electron chi connectivity index (χ0n) is 38.2. The van der Waals surface area contributed by atoms with Gasteiger partial charge in [-0.25, -0.2) is 0 Å². The summed E-state index contributed by atoms with van der Waals surface area (Å²) in [6.45, 7) is 0. The summed E-state index contributed by atoms with van der Waals surface area (Å²) in [7, 11) is 0. The topological polar surface area (TPSA) is 13.1 Å². The number of nitrogens with zero attached hydrogens (tertiary/aromatic N) is 3. The van der Waals surface area contributed by atoms with Crippen LogP contribution in [0.3, 0.4) is 0 Å². The molecule has 11 aromatic carbocycles. The van der Waals surface area contributed by atoms with E-state index >= 15 is 0 Å². The monoisotopic (exact) mass is 889 g/mol. The molecular weight excluding hydrogens is 847 g/mol. The molecule has 326 valence electrons. The van der Waals surface area contributed by atoms with Crippen LogP contribution in [0.4, 0.5) is 17.1 Å². The van der Waals surface area contributed by atoms with Crippen molar-refractivity contribution in [3.8, 4) is 44.8 Å². The highest BCUT2D eigenvalue weighted by atomic mass is 15.1. The standard InChI is InChI=1S/C67H43N3/c1-2-19-44(20-3-1)48-21-4-5-22-49(48)51-24-7-13-32-61(51)68(45-37-39-46(40-38-45)69-62-33-14-8-25-52(62)53-26-9-15-34-63(53)69)47-41-42-58-56(43-47)50-23-6-11-29-57(50)67(58)59-30-12-17-36-65(59)70-64-35-16-10-27-54(64)55-28-18-31-60(67)66(55)70/h1-43H. The molecule has 2 aliphatic rings. The number of benzene rings is 11. The van der Waals surface area contributed by atoms with Crippen molar-refractivity contribution in [1.29, 1.82) is 0 Å². The quantitative estimate of drug-likeness (QED) is 0.162. The third kappa shape index (κ3) is 5.29. The van der Waals surface area contributed by atoms with E-state index in [1.807, 2.05) is 0 Å². The lowest BCUT2D eigenvalue weighted by Crippen LogP contribution is -2.33. The first-order chi connectivity index (χ1) is 34.8. The van der Waals surface area contributed by atoms with E-state index in [0.717, 1.165) is 28.3 Å². The van der Waals surface area contributed by atoms with E-state index in [1.54, 1.807) is 0 Å². The third-order valence-electron chi connectivity index (χ3n) is 15.3. The Morgan fingerprint density at radius 1 is 0.300 bits per heavy atom. The minimum atomic E-state index is -0.535. The van der Waals surface area contributed by atoms with Gasteiger partial charge < -0.3 is 14.0 Å². The second-order valence-corrected chi connectivity index (χ2v) is 18.7. The lowest BCUT2D eigenvalue weighted by atomic mass is 9.65. The molecule has 0 N–H and O–H groups in total. The molecule has 3 nitrogen and oxygen atoms in total. The Balaban J connectivity index is 0.978. The molecule has 1 aliphatic heterocycles. The van der Waals surface area contributed by atoms with Crippen LogP contribution in [-0.4, -0.2) is 9.13 Å². The minimum absolute atomic E-state index is 0.535. The average molecular weight is 890 g/mol. The number of hydrogen-bond acceptors (Lipinski definition) is 1. The predicted octanol–water partition coefficient (Wildman–Crippen LogP) is 17.4. The molecule has 0 bridgehead atoms. The Morgan fingerprint density at radius 3 is 1.56 bits per heavy atom. The fraction of sp³-hybridized carbons (Fsp3) is 0.0149. The summed E-state index contributed by atoms with van der Waals surface area (Å²) in [5.74, 6) is 0. The number of anilines is 3. The van der Waals surface area contributed by atoms with Crippen LogP contribution in [0.1, 0.15) is 22.3 Å². The summed E-state index contributed by atoms with van der Waals surface area (Å²) in [6, 6.07) is 96.6. The molecule has 1 atom stereocenters. The molecule has 1 aliphatic carbocycles. The Morgan fingerprint density at radius 2 is 0.814 bits per heavy atom. The number of rotatable bonds is 6. The van der Waals surface area contributed by atoms with Crippen molar-refractivity contribution >= 4 is 60.7 Å². The molecule has 3 heterocycles. The van der Waals surface area contributed by atoms with E-state index < -0.39 is 5.41 Å². The van der Waals surface area contributed by atoms with E-state index in [2.05, 4.69) is 275 Å². The number of para-hydroxylation sites is 6. The summed E-state index contributed by atoms with van der Waals surface area (Å²) in [5, 5.41) is 5.07. The van der Waals surface area contributed by atoms with Crippen LogP contribution in [0.25, 0.3) is 88.4 Å². The van der Waals surface area contributed by atoms with Gasteiger partial charge in [-0.05, 0) is 117 Å². The van der Waals surface area contributed by atoms with Gasteiger partial charge in [0.05, 0.1) is 38.9 Å². The smallest absolute Gasteiger partial charge is 0.0754 e. The van der Waals surface area contributed by atoms with Crippen LogP contribution in [0, 0.1) is 0 Å². The molecule has 15 rings (SSSR count). The van der Waals surface area contributed by atoms with E-state index in [0.29, 0.717) is 0 Å². The van der Waals surface area contributed by atoms with Crippen LogP contribution in [-0.2, 0) is 5.41 Å². The summed E-state index contributed by atoms with van der Waals surface area (Å²) < 4.78 is 4.92. The first kappa shape index (κ1) is 38.9. The van der Waals surface area contributed by atoms with Crippen LogP contribution in [0.15, 0.2) is 261 Å². The lowest BCUT2D eigenvalue weighted by molar-refractivity contribution is 0.748. The van der Waals surface area contributed by atoms with Crippen molar-refractivity contribution < 1.29 is 0 Å². The molecule has 0 saturated carbocycles. The van der Waals surface area contributed by atoms with Crippen LogP contribution >= 0.6 is 0 Å². The molecular formula is C67H43N3. The highest BCUT2D eigenvalue weighted by molar-refractivity contribution is 6.13. The third-order valence-corrected chi connectivity index (χ3v) is 15.3. The van der Waals surface area contributed by atoms with Gasteiger partial charge >= 0.3 is 0 Å². The van der Waals surface area contributed by atoms with E-state index in [-0.39, 0.29) is 0 Å². The SMILES string of the molecule is c1ccc(-c2ccccc2-c2ccccc2N(c2ccc(-n3c4ccccc4c4ccccc43)cc2)c2ccc3c(c2)-c2ccccc2C32c3ccccc3-n3c4ccccc4c4cccc2c43)cc1. The van der Waals surface area contributed by atoms with Crippen molar-refractivity contribution in [1.82, 2.24) is 9.13 Å². The predicted molar refractivity (Wildman–Crippen MR) is 292 cm³/mol. The molecule has 3 heteroatoms. The van der Waals surface area contributed by atoms with Crippen LogP contribution in [0.2, 0.25) is 0 Å². The van der Waals surface area contributed by atoms with Crippen molar-refractivity contribution in [3.63, 3.8) is 0 Å². The maximum Gasteiger partial charge on any atom is 0.0754 e. The molecule has 1 unspecified atom stereocenters. The second-order valence-electron chi connectivity index (χ2n) is 18.7. The van der Waals surface area contributed by atoms with Gasteiger partial charge in [0, 0.05) is 44.2 Å². The number of fused-ring (bicyclic) bond motifs is 15. The molecule has 0 saturated heterocycles. The van der Waals surface area contributed by atoms with Gasteiger partial charge in [0.15, 0.2) is 0 Å². The fourth-order valence-corrected chi connectivity index (χ4v) is 12.6. The Hall–Kier alpha value is -9.18. The van der Waals surface area contributed by atoms with Gasteiger partial charge in [0.1, 0.15) is 0 Å². The van der Waals surface area contributed by atoms with Gasteiger partial charge in [-0.2, -0.15) is 0 Å². The largest absolute Gasteiger partial charge is 0.310 e. The summed E-state index contributed by atoms with van der Waals surface area (Å²) >= 11 is 0. The zero-order chi connectivity index (χ0) is 45.9. The van der Waals surface area contributed by atoms with Crippen molar-refractivity contribution in [2.75, 3.05) is 4.90 Å². The summed E-state index contributed by atoms with van der Waals surface area (Å²) in [6.07, 6.45) is 0. The zero-order valence-corrected chi connectivity index (χ0v) is 38.2. The first-order valence-electron chi connectivity index (χ1n) is 24.3. The summed E-state index contributed by atoms with van der Waals surface area (Å²) in [4.78, 5) is 2.48. The van der Waals surface area contributed by atoms with Gasteiger partial charge in [-0.15, -0.1) is 0 Å². The fourth-order valence-electron chi connectivity index (χ4n) is 12.6. The number of aromatic nitrogens is 2. The molecule has 1 spiro atoms. The molecule has 0 radical (unpaired) electrons. The minimum Gasteiger partial charge on any atom is -0.310 e. The first-order valence-corrected chi connectivity index (χ1v) is 24.3. The van der Waals surface area contributed by atoms with Gasteiger partial charge in [-0.1, -0.05) is 194 Å². The highest BCUT2D eigenvalue weighted by Gasteiger charge is 2.51. The second kappa shape index (κ2) is 14.9. The normalized spacial score (nSPS) is 14.3. The van der Waals surface area contributed by atoms with Gasteiger partial charge in [0.25, 0.3) is 0 Å². The Kier molecular flexibility index (Phi) is 8.28. The Bertz CT molecular complexity index is 4200. The maximum atomic E-state index is 2.52. The van der Waals surface area contributed by atoms with Crippen LogP contribution < -0.4 is 4.90 Å². The van der Waals surface area contributed by atoms with Crippen LogP contribution in [0.5, 0.6) is 0 Å². The van der Waals surface area contributed by atoms with Crippen molar-refractivity contribution in [2.24, 2.45) is 0 Å². The molecule has 13 aromatic rings. The van der Waals surface area contributed by atoms with Gasteiger partial charge in [0.2, 0.25) is 0 Å².